The molecule has 0 saturated carbocycles. The molecule has 0 aliphatic carbocycles. The summed E-state index contributed by atoms with van der Waals surface area (Å²) in [5.74, 6) is 1.38. The Morgan fingerprint density at radius 2 is 1.91 bits per heavy atom. The molecule has 2 aromatic rings. The third kappa shape index (κ3) is 2.43. The maximum Gasteiger partial charge on any atom is 0.341 e. The summed E-state index contributed by atoms with van der Waals surface area (Å²) < 4.78 is 16.4. The van der Waals surface area contributed by atoms with E-state index in [0.717, 1.165) is 0 Å². The number of hydrogen-bond donors (Lipinski definition) is 1. The van der Waals surface area contributed by atoms with Crippen molar-refractivity contribution < 1.29 is 19.0 Å². The summed E-state index contributed by atoms with van der Waals surface area (Å²) in [4.78, 5) is 16.1. The lowest BCUT2D eigenvalue weighted by atomic mass is 10.2. The number of hydrogen-bond acceptors (Lipinski definition) is 6. The van der Waals surface area contributed by atoms with Gasteiger partial charge in [-0.05, 0) is 26.0 Å². The van der Waals surface area contributed by atoms with Crippen molar-refractivity contribution in [1.82, 2.24) is 4.98 Å². The highest BCUT2D eigenvalue weighted by Gasteiger charge is 2.27. The average molecular weight is 300 g/mol. The Kier molecular flexibility index (Phi) is 3.58. The molecule has 0 saturated heterocycles. The Balaban J connectivity index is 2.11. The Hall–Kier alpha value is -2.76. The minimum atomic E-state index is -0.485. The van der Waals surface area contributed by atoms with E-state index in [4.69, 9.17) is 14.2 Å². The van der Waals surface area contributed by atoms with Crippen LogP contribution in [0.3, 0.4) is 0 Å². The number of para-hydroxylation sites is 2. The van der Waals surface area contributed by atoms with Crippen LogP contribution in [0.4, 0.5) is 5.69 Å². The second kappa shape index (κ2) is 5.55. The van der Waals surface area contributed by atoms with Gasteiger partial charge in [0, 0.05) is 12.2 Å². The number of aromatic nitrogens is 1. The molecule has 1 aliphatic rings. The first-order chi connectivity index (χ1) is 10.6. The van der Waals surface area contributed by atoms with Gasteiger partial charge in [0.2, 0.25) is 5.75 Å². The van der Waals surface area contributed by atoms with Gasteiger partial charge in [-0.3, -0.25) is 0 Å². The fourth-order valence-electron chi connectivity index (χ4n) is 2.17. The largest absolute Gasteiger partial charge is 0.465 e. The number of carbonyl (C=O) groups is 1. The maximum atomic E-state index is 11.9. The van der Waals surface area contributed by atoms with Gasteiger partial charge in [0.05, 0.1) is 12.8 Å². The van der Waals surface area contributed by atoms with E-state index in [-0.39, 0.29) is 6.04 Å². The molecule has 0 atom stereocenters. The quantitative estimate of drug-likeness (QED) is 0.745. The Morgan fingerprint density at radius 1 is 1.23 bits per heavy atom. The minimum Gasteiger partial charge on any atom is -0.465 e. The molecule has 3 rings (SSSR count). The molecule has 1 aliphatic heterocycles. The normalized spacial score (nSPS) is 11.8. The molecule has 6 nitrogen and oxygen atoms in total. The van der Waals surface area contributed by atoms with E-state index in [9.17, 15) is 4.79 Å². The zero-order chi connectivity index (χ0) is 15.7. The van der Waals surface area contributed by atoms with Crippen molar-refractivity contribution in [2.45, 2.75) is 19.9 Å². The van der Waals surface area contributed by atoms with E-state index in [1.807, 2.05) is 26.0 Å². The summed E-state index contributed by atoms with van der Waals surface area (Å²) in [6, 6.07) is 7.38. The first-order valence-electron chi connectivity index (χ1n) is 6.92. The third-order valence-corrected chi connectivity index (χ3v) is 3.11. The fraction of sp³-hybridized carbons (Fsp3) is 0.250. The first kappa shape index (κ1) is 14.2. The second-order valence-corrected chi connectivity index (χ2v) is 5.12. The van der Waals surface area contributed by atoms with Gasteiger partial charge < -0.3 is 19.5 Å². The van der Waals surface area contributed by atoms with Crippen LogP contribution in [0, 0.1) is 0 Å². The number of fused-ring (bicyclic) bond motifs is 2. The van der Waals surface area contributed by atoms with Crippen LogP contribution in [0.1, 0.15) is 24.2 Å². The number of nitrogens with one attached hydrogen (secondary N) is 1. The fourth-order valence-corrected chi connectivity index (χ4v) is 2.17. The van der Waals surface area contributed by atoms with Crippen molar-refractivity contribution in [2.24, 2.45) is 0 Å². The summed E-state index contributed by atoms with van der Waals surface area (Å²) in [6.07, 6.45) is 1.42. The molecule has 1 N–H and O–H groups in total. The number of pyridine rings is 1. The van der Waals surface area contributed by atoms with Gasteiger partial charge in [-0.15, -0.1) is 0 Å². The third-order valence-electron chi connectivity index (χ3n) is 3.11. The summed E-state index contributed by atoms with van der Waals surface area (Å²) >= 11 is 0. The summed E-state index contributed by atoms with van der Waals surface area (Å²) in [6.45, 7) is 3.93. The molecule has 0 amide bonds. The van der Waals surface area contributed by atoms with Crippen molar-refractivity contribution in [1.29, 1.82) is 0 Å². The molecule has 0 fully saturated rings. The van der Waals surface area contributed by atoms with E-state index in [0.29, 0.717) is 34.4 Å². The molecule has 0 unspecified atom stereocenters. The van der Waals surface area contributed by atoms with Crippen LogP contribution in [0.2, 0.25) is 0 Å². The van der Waals surface area contributed by atoms with Gasteiger partial charge in [-0.1, -0.05) is 12.1 Å². The summed E-state index contributed by atoms with van der Waals surface area (Å²) in [5, 5.41) is 3.20. The summed E-state index contributed by atoms with van der Waals surface area (Å²) in [7, 11) is 1.33. The zero-order valence-corrected chi connectivity index (χ0v) is 12.5. The van der Waals surface area contributed by atoms with Gasteiger partial charge in [-0.2, -0.15) is 0 Å². The van der Waals surface area contributed by atoms with Gasteiger partial charge in [0.15, 0.2) is 11.5 Å². The minimum absolute atomic E-state index is 0.0932. The van der Waals surface area contributed by atoms with Crippen LogP contribution in [0.5, 0.6) is 23.1 Å². The predicted molar refractivity (Wildman–Crippen MR) is 80.9 cm³/mol. The van der Waals surface area contributed by atoms with Gasteiger partial charge >= 0.3 is 5.97 Å². The Labute approximate surface area is 128 Å². The number of carbonyl (C=O) groups excluding carboxylic acids is 1. The lowest BCUT2D eigenvalue weighted by molar-refractivity contribution is 0.0601. The number of methoxy groups -OCH3 is 1. The molecular weight excluding hydrogens is 284 g/mol. The zero-order valence-electron chi connectivity index (χ0n) is 12.5. The summed E-state index contributed by atoms with van der Waals surface area (Å²) in [5.41, 5.74) is 0.819. The number of anilines is 1. The van der Waals surface area contributed by atoms with Gasteiger partial charge in [-0.25, -0.2) is 9.78 Å². The van der Waals surface area contributed by atoms with Crippen molar-refractivity contribution in [3.63, 3.8) is 0 Å². The number of nitrogens with zero attached hydrogens (tertiary/aromatic N) is 1. The van der Waals surface area contributed by atoms with Crippen LogP contribution in [-0.4, -0.2) is 24.1 Å². The molecule has 0 bridgehead atoms. The predicted octanol–water partition coefficient (Wildman–Crippen LogP) is 3.59. The van der Waals surface area contributed by atoms with E-state index >= 15 is 0 Å². The van der Waals surface area contributed by atoms with E-state index in [1.165, 1.54) is 13.3 Å². The first-order valence-corrected chi connectivity index (χ1v) is 6.92. The van der Waals surface area contributed by atoms with Crippen LogP contribution in [0.25, 0.3) is 0 Å². The lowest BCUT2D eigenvalue weighted by Crippen LogP contribution is -2.17. The van der Waals surface area contributed by atoms with E-state index in [1.54, 1.807) is 12.1 Å². The number of rotatable bonds is 3. The van der Waals surface area contributed by atoms with Gasteiger partial charge in [0.1, 0.15) is 5.56 Å². The molecule has 0 spiro atoms. The van der Waals surface area contributed by atoms with Gasteiger partial charge in [0.25, 0.3) is 5.88 Å². The number of benzene rings is 1. The molecular formula is C16H16N2O4. The van der Waals surface area contributed by atoms with E-state index < -0.39 is 5.97 Å². The highest BCUT2D eigenvalue weighted by molar-refractivity contribution is 5.97. The Morgan fingerprint density at radius 3 is 2.55 bits per heavy atom. The SMILES string of the molecule is COC(=O)c1cnc2c(c1NC(C)C)Oc1ccccc1O2. The van der Waals surface area contributed by atoms with Crippen LogP contribution in [0.15, 0.2) is 30.5 Å². The maximum absolute atomic E-state index is 11.9. The molecule has 0 radical (unpaired) electrons. The lowest BCUT2D eigenvalue weighted by Gasteiger charge is -2.24. The van der Waals surface area contributed by atoms with Crippen molar-refractivity contribution in [3.8, 4) is 23.1 Å². The number of ether oxygens (including phenoxy) is 3. The molecule has 2 heterocycles. The smallest absolute Gasteiger partial charge is 0.341 e. The van der Waals surface area contributed by atoms with E-state index in [2.05, 4.69) is 10.3 Å². The number of esters is 1. The Bertz CT molecular complexity index is 728. The molecule has 22 heavy (non-hydrogen) atoms. The monoisotopic (exact) mass is 300 g/mol. The van der Waals surface area contributed by atoms with Crippen molar-refractivity contribution in [2.75, 3.05) is 12.4 Å². The molecule has 1 aromatic heterocycles. The molecule has 1 aromatic carbocycles. The second-order valence-electron chi connectivity index (χ2n) is 5.12. The van der Waals surface area contributed by atoms with Crippen LogP contribution >= 0.6 is 0 Å². The molecule has 114 valence electrons. The standard InChI is InChI=1S/C16H16N2O4/c1-9(2)18-13-10(16(19)20-3)8-17-15-14(13)21-11-6-4-5-7-12(11)22-15/h4-9H,1-3H3,(H,17,18). The van der Waals surface area contributed by atoms with Crippen LogP contribution < -0.4 is 14.8 Å². The topological polar surface area (TPSA) is 69.7 Å². The highest BCUT2D eigenvalue weighted by Crippen LogP contribution is 2.48. The highest BCUT2D eigenvalue weighted by atomic mass is 16.6. The van der Waals surface area contributed by atoms with Crippen molar-refractivity contribution >= 4 is 11.7 Å². The average Bonchev–Trinajstić information content (AvgIpc) is 2.52. The molecule has 6 heteroatoms. The van der Waals surface area contributed by atoms with Crippen molar-refractivity contribution in [3.05, 3.63) is 36.0 Å². The van der Waals surface area contributed by atoms with Crippen LogP contribution in [-0.2, 0) is 4.74 Å².